The lowest BCUT2D eigenvalue weighted by Gasteiger charge is -2.10. The summed E-state index contributed by atoms with van der Waals surface area (Å²) in [7, 11) is 0. The van der Waals surface area contributed by atoms with Gasteiger partial charge in [-0.05, 0) is 30.3 Å². The highest BCUT2D eigenvalue weighted by Gasteiger charge is 2.10. The van der Waals surface area contributed by atoms with Crippen LogP contribution in [0.1, 0.15) is 10.4 Å². The Morgan fingerprint density at radius 2 is 1.68 bits per heavy atom. The van der Waals surface area contributed by atoms with Gasteiger partial charge in [-0.1, -0.05) is 35.3 Å². The molecule has 3 N–H and O–H groups in total. The molecule has 0 aliphatic heterocycles. The number of hydrazine groups is 1. The number of nitrogens with one attached hydrogen (secondary N) is 3. The maximum Gasteiger partial charge on any atom is 0.337 e. The molecule has 0 bridgehead atoms. The predicted molar refractivity (Wildman–Crippen MR) is 82.5 cm³/mol. The molecule has 0 unspecified atom stereocenters. The van der Waals surface area contributed by atoms with Gasteiger partial charge >= 0.3 is 6.03 Å². The molecule has 0 aliphatic rings. The molecule has 3 amide bonds. The number of hydrogen-bond donors (Lipinski definition) is 3. The molecule has 0 atom stereocenters. The van der Waals surface area contributed by atoms with Crippen molar-refractivity contribution >= 4 is 40.8 Å². The molecule has 2 aromatic carbocycles. The molecular formula is C14H10Cl2FN3O2. The zero-order valence-corrected chi connectivity index (χ0v) is 12.5. The zero-order chi connectivity index (χ0) is 16.1. The molecule has 0 aromatic heterocycles. The second-order valence-corrected chi connectivity index (χ2v) is 4.96. The van der Waals surface area contributed by atoms with Crippen LogP contribution in [0.4, 0.5) is 14.9 Å². The van der Waals surface area contributed by atoms with Crippen molar-refractivity contribution in [3.05, 3.63) is 63.9 Å². The number of carbonyl (C=O) groups excluding carboxylic acids is 2. The van der Waals surface area contributed by atoms with Crippen molar-refractivity contribution < 1.29 is 14.0 Å². The predicted octanol–water partition coefficient (Wildman–Crippen LogP) is 3.60. The molecule has 5 nitrogen and oxygen atoms in total. The van der Waals surface area contributed by atoms with Crippen LogP contribution in [0, 0.1) is 5.82 Å². The summed E-state index contributed by atoms with van der Waals surface area (Å²) in [6.45, 7) is 0. The van der Waals surface area contributed by atoms with Crippen LogP contribution in [-0.2, 0) is 0 Å². The largest absolute Gasteiger partial charge is 0.337 e. The van der Waals surface area contributed by atoms with E-state index >= 15 is 0 Å². The van der Waals surface area contributed by atoms with E-state index in [4.69, 9.17) is 23.2 Å². The minimum absolute atomic E-state index is 0.127. The van der Waals surface area contributed by atoms with Gasteiger partial charge in [-0.3, -0.25) is 10.2 Å². The number of hydrogen-bond acceptors (Lipinski definition) is 2. The van der Waals surface area contributed by atoms with Crippen molar-refractivity contribution in [2.24, 2.45) is 0 Å². The smallest absolute Gasteiger partial charge is 0.307 e. The maximum absolute atomic E-state index is 13.0. The fourth-order valence-electron chi connectivity index (χ4n) is 1.56. The number of carbonyl (C=O) groups is 2. The molecule has 0 saturated heterocycles. The van der Waals surface area contributed by atoms with E-state index in [-0.39, 0.29) is 21.3 Å². The highest BCUT2D eigenvalue weighted by atomic mass is 35.5. The first kappa shape index (κ1) is 16.1. The number of urea groups is 1. The molecule has 114 valence electrons. The van der Waals surface area contributed by atoms with E-state index in [0.29, 0.717) is 0 Å². The molecule has 0 saturated carbocycles. The van der Waals surface area contributed by atoms with E-state index in [1.54, 1.807) is 18.2 Å². The number of amides is 3. The maximum atomic E-state index is 13.0. The summed E-state index contributed by atoms with van der Waals surface area (Å²) in [5, 5.41) is 2.51. The van der Waals surface area contributed by atoms with Crippen LogP contribution in [0.25, 0.3) is 0 Å². The Morgan fingerprint density at radius 1 is 0.955 bits per heavy atom. The Labute approximate surface area is 135 Å². The van der Waals surface area contributed by atoms with E-state index in [0.717, 1.165) is 6.07 Å². The molecule has 0 fully saturated rings. The summed E-state index contributed by atoms with van der Waals surface area (Å²) in [6.07, 6.45) is 0. The minimum Gasteiger partial charge on any atom is -0.307 e. The minimum atomic E-state index is -0.719. The Bertz CT molecular complexity index is 725. The van der Waals surface area contributed by atoms with Gasteiger partial charge in [0.25, 0.3) is 5.91 Å². The van der Waals surface area contributed by atoms with Crippen molar-refractivity contribution in [3.63, 3.8) is 0 Å². The molecule has 0 heterocycles. The van der Waals surface area contributed by atoms with Gasteiger partial charge in [-0.2, -0.15) is 0 Å². The van der Waals surface area contributed by atoms with Crippen LogP contribution >= 0.6 is 23.2 Å². The molecule has 22 heavy (non-hydrogen) atoms. The van der Waals surface area contributed by atoms with E-state index in [1.807, 2.05) is 0 Å². The summed E-state index contributed by atoms with van der Waals surface area (Å²) in [5.41, 5.74) is 4.83. The molecule has 2 rings (SSSR count). The Morgan fingerprint density at radius 3 is 2.36 bits per heavy atom. The average molecular weight is 342 g/mol. The van der Waals surface area contributed by atoms with Crippen molar-refractivity contribution in [3.8, 4) is 0 Å². The van der Waals surface area contributed by atoms with Crippen molar-refractivity contribution in [2.75, 3.05) is 5.32 Å². The van der Waals surface area contributed by atoms with Gasteiger partial charge in [0.15, 0.2) is 0 Å². The van der Waals surface area contributed by atoms with Gasteiger partial charge in [0, 0.05) is 5.69 Å². The standard InChI is InChI=1S/C14H10Cl2FN3O2/c15-10-4-2-1-3-9(10)13(21)19-20-14(22)18-8-5-6-12(17)11(16)7-8/h1-7H,(H,19,21)(H2,18,20,22). The third-order valence-corrected chi connectivity index (χ3v) is 3.20. The number of anilines is 1. The fraction of sp³-hybridized carbons (Fsp3) is 0. The highest BCUT2D eigenvalue weighted by molar-refractivity contribution is 6.33. The van der Waals surface area contributed by atoms with Crippen LogP contribution < -0.4 is 16.2 Å². The van der Waals surface area contributed by atoms with Gasteiger partial charge in [-0.25, -0.2) is 14.6 Å². The van der Waals surface area contributed by atoms with Crippen molar-refractivity contribution in [2.45, 2.75) is 0 Å². The summed E-state index contributed by atoms with van der Waals surface area (Å²) in [6, 6.07) is 9.35. The Hall–Kier alpha value is -2.31. The SMILES string of the molecule is O=C(NNC(=O)c1ccccc1Cl)Nc1ccc(F)c(Cl)c1. The highest BCUT2D eigenvalue weighted by Crippen LogP contribution is 2.19. The van der Waals surface area contributed by atoms with Crippen LogP contribution in [0.5, 0.6) is 0 Å². The van der Waals surface area contributed by atoms with Crippen molar-refractivity contribution in [1.82, 2.24) is 10.9 Å². The van der Waals surface area contributed by atoms with E-state index < -0.39 is 17.8 Å². The molecule has 0 spiro atoms. The number of benzene rings is 2. The van der Waals surface area contributed by atoms with E-state index in [1.165, 1.54) is 18.2 Å². The lowest BCUT2D eigenvalue weighted by atomic mass is 10.2. The van der Waals surface area contributed by atoms with Crippen LogP contribution in [0.2, 0.25) is 10.0 Å². The fourth-order valence-corrected chi connectivity index (χ4v) is 1.96. The summed E-state index contributed by atoms with van der Waals surface area (Å²) in [5.74, 6) is -1.17. The van der Waals surface area contributed by atoms with Crippen LogP contribution in [-0.4, -0.2) is 11.9 Å². The second kappa shape index (κ2) is 7.11. The normalized spacial score (nSPS) is 9.95. The summed E-state index contributed by atoms with van der Waals surface area (Å²) in [4.78, 5) is 23.4. The molecule has 8 heteroatoms. The second-order valence-electron chi connectivity index (χ2n) is 4.14. The zero-order valence-electron chi connectivity index (χ0n) is 11.0. The summed E-state index contributed by atoms with van der Waals surface area (Å²) < 4.78 is 13.0. The average Bonchev–Trinajstić information content (AvgIpc) is 2.49. The van der Waals surface area contributed by atoms with Gasteiger partial charge < -0.3 is 5.32 Å². The third-order valence-electron chi connectivity index (χ3n) is 2.59. The van der Waals surface area contributed by atoms with Crippen molar-refractivity contribution in [1.29, 1.82) is 0 Å². The lowest BCUT2D eigenvalue weighted by Crippen LogP contribution is -2.44. The van der Waals surface area contributed by atoms with Gasteiger partial charge in [0.05, 0.1) is 15.6 Å². The molecule has 2 aromatic rings. The molecular weight excluding hydrogens is 332 g/mol. The first-order valence-electron chi connectivity index (χ1n) is 6.04. The summed E-state index contributed by atoms with van der Waals surface area (Å²) >= 11 is 11.4. The molecule has 0 aliphatic carbocycles. The monoisotopic (exact) mass is 341 g/mol. The Balaban J connectivity index is 1.91. The number of halogens is 3. The quantitative estimate of drug-likeness (QED) is 0.730. The third kappa shape index (κ3) is 4.09. The van der Waals surface area contributed by atoms with Crippen LogP contribution in [0.3, 0.4) is 0 Å². The van der Waals surface area contributed by atoms with Crippen LogP contribution in [0.15, 0.2) is 42.5 Å². The van der Waals surface area contributed by atoms with Gasteiger partial charge in [0.1, 0.15) is 5.82 Å². The molecule has 0 radical (unpaired) electrons. The first-order chi connectivity index (χ1) is 10.5. The van der Waals surface area contributed by atoms with Gasteiger partial charge in [0.2, 0.25) is 0 Å². The first-order valence-corrected chi connectivity index (χ1v) is 6.80. The lowest BCUT2D eigenvalue weighted by molar-refractivity contribution is 0.0938. The van der Waals surface area contributed by atoms with E-state index in [9.17, 15) is 14.0 Å². The number of rotatable bonds is 2. The Kier molecular flexibility index (Phi) is 5.19. The topological polar surface area (TPSA) is 70.2 Å². The van der Waals surface area contributed by atoms with E-state index in [2.05, 4.69) is 16.2 Å². The van der Waals surface area contributed by atoms with Gasteiger partial charge in [-0.15, -0.1) is 0 Å².